The average Bonchev–Trinajstić information content (AvgIpc) is 2.33. The molecule has 0 fully saturated rings. The lowest BCUT2D eigenvalue weighted by atomic mass is 10.00. The summed E-state index contributed by atoms with van der Waals surface area (Å²) in [5.41, 5.74) is 10.1. The van der Waals surface area contributed by atoms with Crippen LogP contribution in [0.2, 0.25) is 5.02 Å². The second kappa shape index (κ2) is 5.68. The van der Waals surface area contributed by atoms with Crippen LogP contribution in [0.3, 0.4) is 0 Å². The molecule has 19 heavy (non-hydrogen) atoms. The minimum atomic E-state index is -0.413. The second-order valence-electron chi connectivity index (χ2n) is 4.77. The number of pyridine rings is 1. The van der Waals surface area contributed by atoms with Gasteiger partial charge in [-0.3, -0.25) is 4.98 Å². The van der Waals surface area contributed by atoms with Crippen LogP contribution in [0, 0.1) is 19.7 Å². The molecular weight excluding hydrogens is 263 g/mol. The van der Waals surface area contributed by atoms with E-state index in [1.165, 1.54) is 6.07 Å². The van der Waals surface area contributed by atoms with E-state index >= 15 is 0 Å². The Morgan fingerprint density at radius 3 is 2.68 bits per heavy atom. The standard InChI is InChI=1S/C15H16ClFN2/c1-9-5-10(2)15(19-8-9)14(18)7-11-3-4-13(17)12(16)6-11/h3-6,8,14H,7,18H2,1-2H3. The Bertz CT molecular complexity index is 599. The van der Waals surface area contributed by atoms with E-state index in [-0.39, 0.29) is 11.1 Å². The van der Waals surface area contributed by atoms with Crippen molar-refractivity contribution in [3.8, 4) is 0 Å². The van der Waals surface area contributed by atoms with Crippen molar-refractivity contribution in [2.75, 3.05) is 0 Å². The quantitative estimate of drug-likeness (QED) is 0.929. The molecule has 1 unspecified atom stereocenters. The molecule has 0 bridgehead atoms. The first kappa shape index (κ1) is 14.0. The van der Waals surface area contributed by atoms with Crippen LogP contribution in [0.1, 0.15) is 28.4 Å². The summed E-state index contributed by atoms with van der Waals surface area (Å²) in [6.07, 6.45) is 2.39. The average molecular weight is 279 g/mol. The molecule has 0 saturated carbocycles. The van der Waals surface area contributed by atoms with Gasteiger partial charge in [-0.2, -0.15) is 0 Å². The molecule has 0 aliphatic carbocycles. The molecule has 0 spiro atoms. The number of benzene rings is 1. The molecule has 0 aliphatic rings. The van der Waals surface area contributed by atoms with E-state index in [4.69, 9.17) is 17.3 Å². The van der Waals surface area contributed by atoms with Gasteiger partial charge in [0.1, 0.15) is 5.82 Å². The third-order valence-electron chi connectivity index (χ3n) is 3.05. The molecule has 4 heteroatoms. The minimum absolute atomic E-state index is 0.123. The maximum Gasteiger partial charge on any atom is 0.141 e. The Labute approximate surface area is 117 Å². The topological polar surface area (TPSA) is 38.9 Å². The molecule has 2 rings (SSSR count). The van der Waals surface area contributed by atoms with E-state index in [9.17, 15) is 4.39 Å². The van der Waals surface area contributed by atoms with Crippen LogP contribution in [0.25, 0.3) is 0 Å². The van der Waals surface area contributed by atoms with Crippen LogP contribution in [-0.4, -0.2) is 4.98 Å². The van der Waals surface area contributed by atoms with Crippen LogP contribution in [0.15, 0.2) is 30.5 Å². The van der Waals surface area contributed by atoms with Crippen molar-refractivity contribution < 1.29 is 4.39 Å². The van der Waals surface area contributed by atoms with Gasteiger partial charge in [-0.05, 0) is 49.1 Å². The molecule has 1 heterocycles. The molecule has 100 valence electrons. The van der Waals surface area contributed by atoms with Crippen molar-refractivity contribution in [2.24, 2.45) is 5.73 Å². The fourth-order valence-electron chi connectivity index (χ4n) is 2.13. The van der Waals surface area contributed by atoms with Crippen molar-refractivity contribution in [3.63, 3.8) is 0 Å². The zero-order valence-electron chi connectivity index (χ0n) is 11.0. The molecule has 0 amide bonds. The Morgan fingerprint density at radius 1 is 1.32 bits per heavy atom. The number of hydrogen-bond acceptors (Lipinski definition) is 2. The monoisotopic (exact) mass is 278 g/mol. The fraction of sp³-hybridized carbons (Fsp3) is 0.267. The normalized spacial score (nSPS) is 12.5. The van der Waals surface area contributed by atoms with Gasteiger partial charge in [0.15, 0.2) is 0 Å². The molecular formula is C15H16ClFN2. The summed E-state index contributed by atoms with van der Waals surface area (Å²) in [6.45, 7) is 3.99. The second-order valence-corrected chi connectivity index (χ2v) is 5.18. The lowest BCUT2D eigenvalue weighted by Gasteiger charge is -2.14. The Balaban J connectivity index is 2.20. The summed E-state index contributed by atoms with van der Waals surface area (Å²) in [4.78, 5) is 4.38. The maximum absolute atomic E-state index is 13.1. The molecule has 0 saturated heterocycles. The molecule has 1 aromatic carbocycles. The Morgan fingerprint density at radius 2 is 2.05 bits per heavy atom. The van der Waals surface area contributed by atoms with E-state index in [1.807, 2.05) is 13.8 Å². The molecule has 1 atom stereocenters. The van der Waals surface area contributed by atoms with Crippen LogP contribution < -0.4 is 5.73 Å². The highest BCUT2D eigenvalue weighted by atomic mass is 35.5. The molecule has 2 N–H and O–H groups in total. The molecule has 0 radical (unpaired) electrons. The lowest BCUT2D eigenvalue weighted by molar-refractivity contribution is 0.625. The van der Waals surface area contributed by atoms with Gasteiger partial charge < -0.3 is 5.73 Å². The summed E-state index contributed by atoms with van der Waals surface area (Å²) in [5.74, 6) is -0.413. The molecule has 2 nitrogen and oxygen atoms in total. The van der Waals surface area contributed by atoms with E-state index in [0.717, 1.165) is 22.4 Å². The van der Waals surface area contributed by atoms with Crippen LogP contribution in [0.5, 0.6) is 0 Å². The maximum atomic E-state index is 13.1. The predicted molar refractivity (Wildman–Crippen MR) is 75.8 cm³/mol. The van der Waals surface area contributed by atoms with Crippen LogP contribution in [-0.2, 0) is 6.42 Å². The highest BCUT2D eigenvalue weighted by Gasteiger charge is 2.12. The Kier molecular flexibility index (Phi) is 4.17. The molecule has 1 aromatic heterocycles. The highest BCUT2D eigenvalue weighted by molar-refractivity contribution is 6.30. The van der Waals surface area contributed by atoms with E-state index < -0.39 is 5.82 Å². The number of halogens is 2. The largest absolute Gasteiger partial charge is 0.322 e. The van der Waals surface area contributed by atoms with Crippen molar-refractivity contribution in [1.82, 2.24) is 4.98 Å². The molecule has 2 aromatic rings. The van der Waals surface area contributed by atoms with Crippen molar-refractivity contribution in [2.45, 2.75) is 26.3 Å². The SMILES string of the molecule is Cc1cnc(C(N)Cc2ccc(F)c(Cl)c2)c(C)c1. The summed E-state index contributed by atoms with van der Waals surface area (Å²) >= 11 is 5.76. The first-order valence-electron chi connectivity index (χ1n) is 6.10. The number of aryl methyl sites for hydroxylation is 2. The van der Waals surface area contributed by atoms with E-state index in [2.05, 4.69) is 11.1 Å². The van der Waals surface area contributed by atoms with Gasteiger partial charge in [0, 0.05) is 6.20 Å². The molecule has 0 aliphatic heterocycles. The van der Waals surface area contributed by atoms with Crippen molar-refractivity contribution >= 4 is 11.6 Å². The summed E-state index contributed by atoms with van der Waals surface area (Å²) in [7, 11) is 0. The summed E-state index contributed by atoms with van der Waals surface area (Å²) in [6, 6.07) is 6.51. The van der Waals surface area contributed by atoms with Crippen LogP contribution >= 0.6 is 11.6 Å². The van der Waals surface area contributed by atoms with Crippen molar-refractivity contribution in [1.29, 1.82) is 0 Å². The van der Waals surface area contributed by atoms with E-state index in [0.29, 0.717) is 6.42 Å². The van der Waals surface area contributed by atoms with Crippen molar-refractivity contribution in [3.05, 3.63) is 63.7 Å². The third kappa shape index (κ3) is 3.31. The number of hydrogen-bond donors (Lipinski definition) is 1. The third-order valence-corrected chi connectivity index (χ3v) is 3.34. The lowest BCUT2D eigenvalue weighted by Crippen LogP contribution is -2.16. The van der Waals surface area contributed by atoms with Gasteiger partial charge in [0.25, 0.3) is 0 Å². The van der Waals surface area contributed by atoms with Gasteiger partial charge in [0.2, 0.25) is 0 Å². The van der Waals surface area contributed by atoms with Gasteiger partial charge in [-0.1, -0.05) is 23.7 Å². The number of aromatic nitrogens is 1. The first-order chi connectivity index (χ1) is 8.97. The minimum Gasteiger partial charge on any atom is -0.322 e. The fourth-order valence-corrected chi connectivity index (χ4v) is 2.33. The van der Waals surface area contributed by atoms with Gasteiger partial charge in [-0.25, -0.2) is 4.39 Å². The summed E-state index contributed by atoms with van der Waals surface area (Å²) in [5, 5.41) is 0.123. The first-order valence-corrected chi connectivity index (χ1v) is 6.48. The van der Waals surface area contributed by atoms with Gasteiger partial charge in [0.05, 0.1) is 16.8 Å². The number of nitrogens with two attached hydrogens (primary N) is 1. The number of rotatable bonds is 3. The number of nitrogens with zero attached hydrogens (tertiary/aromatic N) is 1. The zero-order chi connectivity index (χ0) is 14.0. The van der Waals surface area contributed by atoms with Gasteiger partial charge >= 0.3 is 0 Å². The highest BCUT2D eigenvalue weighted by Crippen LogP contribution is 2.21. The van der Waals surface area contributed by atoms with E-state index in [1.54, 1.807) is 18.3 Å². The van der Waals surface area contributed by atoms with Crippen LogP contribution in [0.4, 0.5) is 4.39 Å². The summed E-state index contributed by atoms with van der Waals surface area (Å²) < 4.78 is 13.1. The van der Waals surface area contributed by atoms with Gasteiger partial charge in [-0.15, -0.1) is 0 Å². The predicted octanol–water partition coefficient (Wildman–Crippen LogP) is 3.73. The Hall–Kier alpha value is -1.45. The zero-order valence-corrected chi connectivity index (χ0v) is 11.7. The smallest absolute Gasteiger partial charge is 0.141 e.